The molecule has 0 aliphatic rings. The molecule has 0 bridgehead atoms. The van der Waals surface area contributed by atoms with Gasteiger partial charge in [0.25, 0.3) is 0 Å². The molecule has 1 unspecified atom stereocenters. The summed E-state index contributed by atoms with van der Waals surface area (Å²) in [5.41, 5.74) is 7.73. The number of hydrogen-bond donors (Lipinski definition) is 2. The number of hydrogen-bond acceptors (Lipinski definition) is 3. The molecule has 3 N–H and O–H groups in total. The summed E-state index contributed by atoms with van der Waals surface area (Å²) >= 11 is 0. The van der Waals surface area contributed by atoms with Gasteiger partial charge in [-0.25, -0.2) is 0 Å². The Kier molecular flexibility index (Phi) is 4.90. The minimum atomic E-state index is 0.298. The van der Waals surface area contributed by atoms with E-state index < -0.39 is 0 Å². The zero-order valence-corrected chi connectivity index (χ0v) is 11.4. The van der Waals surface area contributed by atoms with Crippen molar-refractivity contribution >= 4 is 0 Å². The van der Waals surface area contributed by atoms with Crippen LogP contribution in [0.15, 0.2) is 12.2 Å². The van der Waals surface area contributed by atoms with E-state index in [1.165, 1.54) is 11.3 Å². The predicted octanol–water partition coefficient (Wildman–Crippen LogP) is 1.77. The Bertz CT molecular complexity index is 392. The Morgan fingerprint density at radius 2 is 2.18 bits per heavy atom. The van der Waals surface area contributed by atoms with Crippen LogP contribution in [0.1, 0.15) is 36.7 Å². The lowest BCUT2D eigenvalue weighted by Crippen LogP contribution is -2.35. The van der Waals surface area contributed by atoms with E-state index in [0.717, 1.165) is 30.5 Å². The first-order valence-corrected chi connectivity index (χ1v) is 6.05. The van der Waals surface area contributed by atoms with Gasteiger partial charge in [0.2, 0.25) is 0 Å². The fourth-order valence-electron chi connectivity index (χ4n) is 2.16. The Hall–Kier alpha value is -1.13. The van der Waals surface area contributed by atoms with Crippen LogP contribution < -0.4 is 11.3 Å². The third-order valence-electron chi connectivity index (χ3n) is 3.23. The number of rotatable bonds is 6. The highest BCUT2D eigenvalue weighted by Crippen LogP contribution is 2.16. The predicted molar refractivity (Wildman–Crippen MR) is 71.5 cm³/mol. The van der Waals surface area contributed by atoms with Crippen LogP contribution in [-0.4, -0.2) is 15.8 Å². The molecule has 1 aromatic heterocycles. The summed E-state index contributed by atoms with van der Waals surface area (Å²) in [7, 11) is 1.98. The minimum Gasteiger partial charge on any atom is -0.272 e. The second-order valence-electron chi connectivity index (χ2n) is 4.84. The molecule has 1 atom stereocenters. The van der Waals surface area contributed by atoms with Crippen molar-refractivity contribution < 1.29 is 0 Å². The van der Waals surface area contributed by atoms with Gasteiger partial charge in [0.15, 0.2) is 0 Å². The van der Waals surface area contributed by atoms with Crippen LogP contribution >= 0.6 is 0 Å². The van der Waals surface area contributed by atoms with Gasteiger partial charge in [0, 0.05) is 18.8 Å². The molecule has 4 nitrogen and oxygen atoms in total. The van der Waals surface area contributed by atoms with E-state index in [4.69, 9.17) is 5.84 Å². The third kappa shape index (κ3) is 3.68. The second kappa shape index (κ2) is 5.98. The molecule has 0 saturated heterocycles. The van der Waals surface area contributed by atoms with Gasteiger partial charge in [-0.2, -0.15) is 5.10 Å². The lowest BCUT2D eigenvalue weighted by Gasteiger charge is -2.15. The van der Waals surface area contributed by atoms with Crippen molar-refractivity contribution in [1.82, 2.24) is 15.2 Å². The molecule has 1 heterocycles. The topological polar surface area (TPSA) is 55.9 Å². The van der Waals surface area contributed by atoms with Crippen molar-refractivity contribution in [3.63, 3.8) is 0 Å². The van der Waals surface area contributed by atoms with Gasteiger partial charge >= 0.3 is 0 Å². The van der Waals surface area contributed by atoms with Gasteiger partial charge in [0.05, 0.1) is 5.69 Å². The largest absolute Gasteiger partial charge is 0.272 e. The van der Waals surface area contributed by atoms with Crippen molar-refractivity contribution in [2.75, 3.05) is 0 Å². The standard InChI is InChI=1S/C13H24N4/c1-9(2)8-12(15-14)6-7-13-10(3)16-17(5)11(13)4/h12,15H,1,6-8,14H2,2-5H3. The Morgan fingerprint density at radius 1 is 1.53 bits per heavy atom. The minimum absolute atomic E-state index is 0.298. The van der Waals surface area contributed by atoms with Gasteiger partial charge in [-0.3, -0.25) is 16.0 Å². The van der Waals surface area contributed by atoms with Crippen LogP contribution in [-0.2, 0) is 13.5 Å². The van der Waals surface area contributed by atoms with Crippen LogP contribution in [0.3, 0.4) is 0 Å². The third-order valence-corrected chi connectivity index (χ3v) is 3.23. The first kappa shape index (κ1) is 13.9. The number of aromatic nitrogens is 2. The monoisotopic (exact) mass is 236 g/mol. The molecule has 0 fully saturated rings. The number of aryl methyl sites for hydroxylation is 2. The SMILES string of the molecule is C=C(C)CC(CCc1c(C)nn(C)c1C)NN. The number of nitrogens with one attached hydrogen (secondary N) is 1. The van der Waals surface area contributed by atoms with Crippen LogP contribution in [0.4, 0.5) is 0 Å². The zero-order chi connectivity index (χ0) is 13.0. The van der Waals surface area contributed by atoms with Crippen LogP contribution in [0.25, 0.3) is 0 Å². The highest BCUT2D eigenvalue weighted by atomic mass is 15.3. The maximum absolute atomic E-state index is 5.55. The average molecular weight is 236 g/mol. The molecular weight excluding hydrogens is 212 g/mol. The van der Waals surface area contributed by atoms with E-state index >= 15 is 0 Å². The Labute approximate surface area is 104 Å². The molecule has 0 saturated carbocycles. The normalized spacial score (nSPS) is 12.8. The van der Waals surface area contributed by atoms with Gasteiger partial charge in [-0.1, -0.05) is 5.57 Å². The summed E-state index contributed by atoms with van der Waals surface area (Å²) in [4.78, 5) is 0. The first-order chi connectivity index (χ1) is 7.95. The Morgan fingerprint density at radius 3 is 2.59 bits per heavy atom. The molecule has 0 aromatic carbocycles. The smallest absolute Gasteiger partial charge is 0.0628 e. The summed E-state index contributed by atoms with van der Waals surface area (Å²) in [5, 5.41) is 4.42. The number of hydrazine groups is 1. The molecular formula is C13H24N4. The van der Waals surface area contributed by atoms with E-state index in [0.29, 0.717) is 6.04 Å². The highest BCUT2D eigenvalue weighted by molar-refractivity contribution is 5.24. The van der Waals surface area contributed by atoms with Crippen molar-refractivity contribution in [2.24, 2.45) is 12.9 Å². The molecule has 17 heavy (non-hydrogen) atoms. The quantitative estimate of drug-likeness (QED) is 0.449. The zero-order valence-electron chi connectivity index (χ0n) is 11.4. The average Bonchev–Trinajstić information content (AvgIpc) is 2.49. The van der Waals surface area contributed by atoms with E-state index in [9.17, 15) is 0 Å². The number of nitrogens with zero attached hydrogens (tertiary/aromatic N) is 2. The maximum atomic E-state index is 5.55. The summed E-state index contributed by atoms with van der Waals surface area (Å²) in [5.74, 6) is 5.55. The lowest BCUT2D eigenvalue weighted by molar-refractivity contribution is 0.489. The van der Waals surface area contributed by atoms with E-state index in [1.54, 1.807) is 0 Å². The fourth-order valence-corrected chi connectivity index (χ4v) is 2.16. The van der Waals surface area contributed by atoms with Gasteiger partial charge in [0.1, 0.15) is 0 Å². The molecule has 0 radical (unpaired) electrons. The molecule has 1 rings (SSSR count). The molecule has 0 aliphatic heterocycles. The van der Waals surface area contributed by atoms with Gasteiger partial charge in [-0.15, -0.1) is 6.58 Å². The molecule has 0 spiro atoms. The molecule has 4 heteroatoms. The highest BCUT2D eigenvalue weighted by Gasteiger charge is 2.12. The van der Waals surface area contributed by atoms with E-state index in [1.807, 2.05) is 18.7 Å². The molecule has 96 valence electrons. The van der Waals surface area contributed by atoms with Crippen LogP contribution in [0.2, 0.25) is 0 Å². The van der Waals surface area contributed by atoms with Crippen molar-refractivity contribution in [2.45, 2.75) is 46.1 Å². The summed E-state index contributed by atoms with van der Waals surface area (Å²) in [6, 6.07) is 0.298. The first-order valence-electron chi connectivity index (χ1n) is 6.05. The summed E-state index contributed by atoms with van der Waals surface area (Å²) in [6.07, 6.45) is 2.94. The maximum Gasteiger partial charge on any atom is 0.0628 e. The van der Waals surface area contributed by atoms with Gasteiger partial charge < -0.3 is 0 Å². The number of nitrogens with two attached hydrogens (primary N) is 1. The van der Waals surface area contributed by atoms with Crippen molar-refractivity contribution in [3.8, 4) is 0 Å². The van der Waals surface area contributed by atoms with Crippen molar-refractivity contribution in [3.05, 3.63) is 29.1 Å². The Balaban J connectivity index is 2.62. The van der Waals surface area contributed by atoms with E-state index in [2.05, 4.69) is 31.0 Å². The van der Waals surface area contributed by atoms with Crippen LogP contribution in [0.5, 0.6) is 0 Å². The molecule has 0 amide bonds. The molecule has 1 aromatic rings. The lowest BCUT2D eigenvalue weighted by atomic mass is 10.00. The summed E-state index contributed by atoms with van der Waals surface area (Å²) in [6.45, 7) is 10.1. The fraction of sp³-hybridized carbons (Fsp3) is 0.615. The van der Waals surface area contributed by atoms with Gasteiger partial charge in [-0.05, 0) is 45.6 Å². The molecule has 0 aliphatic carbocycles. The van der Waals surface area contributed by atoms with E-state index in [-0.39, 0.29) is 0 Å². The van der Waals surface area contributed by atoms with Crippen LogP contribution in [0, 0.1) is 13.8 Å². The van der Waals surface area contributed by atoms with Crippen molar-refractivity contribution in [1.29, 1.82) is 0 Å². The second-order valence-corrected chi connectivity index (χ2v) is 4.84. The summed E-state index contributed by atoms with van der Waals surface area (Å²) < 4.78 is 1.94.